The molecule has 1 aliphatic heterocycles. The summed E-state index contributed by atoms with van der Waals surface area (Å²) in [4.78, 5) is 13.2. The van der Waals surface area contributed by atoms with E-state index in [1.54, 1.807) is 7.11 Å². The first kappa shape index (κ1) is 13.5. The van der Waals surface area contributed by atoms with Crippen LogP contribution < -0.4 is 0 Å². The van der Waals surface area contributed by atoms with Gasteiger partial charge in [-0.15, -0.1) is 0 Å². The lowest BCUT2D eigenvalue weighted by molar-refractivity contribution is -0.143. The quantitative estimate of drug-likeness (QED) is 0.778. The van der Waals surface area contributed by atoms with E-state index in [0.29, 0.717) is 0 Å². The van der Waals surface area contributed by atoms with Crippen molar-refractivity contribution in [2.45, 2.75) is 45.3 Å². The number of methoxy groups -OCH3 is 1. The van der Waals surface area contributed by atoms with Crippen LogP contribution in [0.25, 0.3) is 0 Å². The van der Waals surface area contributed by atoms with Crippen LogP contribution in [0.2, 0.25) is 0 Å². The Bertz CT molecular complexity index is 253. The maximum absolute atomic E-state index is 11.1. The van der Waals surface area contributed by atoms with E-state index in [9.17, 15) is 4.79 Å². The monoisotopic (exact) mass is 229 g/mol. The fourth-order valence-electron chi connectivity index (χ4n) is 2.19. The second kappa shape index (κ2) is 5.15. The van der Waals surface area contributed by atoms with Gasteiger partial charge < -0.3 is 9.84 Å². The molecule has 4 nitrogen and oxygen atoms in total. The summed E-state index contributed by atoms with van der Waals surface area (Å²) in [6.45, 7) is 7.75. The zero-order chi connectivity index (χ0) is 12.3. The SMILES string of the molecule is COC(C)(C)CCN1CCC(C)C1C(=O)O. The highest BCUT2D eigenvalue weighted by Crippen LogP contribution is 2.25. The Hall–Kier alpha value is -0.610. The van der Waals surface area contributed by atoms with Gasteiger partial charge in [0.2, 0.25) is 0 Å². The molecule has 16 heavy (non-hydrogen) atoms. The van der Waals surface area contributed by atoms with Crippen molar-refractivity contribution in [3.8, 4) is 0 Å². The van der Waals surface area contributed by atoms with Gasteiger partial charge in [0, 0.05) is 13.7 Å². The highest BCUT2D eigenvalue weighted by molar-refractivity contribution is 5.74. The summed E-state index contributed by atoms with van der Waals surface area (Å²) in [5.41, 5.74) is -0.172. The third kappa shape index (κ3) is 3.19. The summed E-state index contributed by atoms with van der Waals surface area (Å²) in [6.07, 6.45) is 1.84. The molecule has 1 N–H and O–H groups in total. The number of likely N-dealkylation sites (tertiary alicyclic amines) is 1. The van der Waals surface area contributed by atoms with Crippen LogP contribution in [0.15, 0.2) is 0 Å². The summed E-state index contributed by atoms with van der Waals surface area (Å²) in [6, 6.07) is -0.312. The van der Waals surface area contributed by atoms with Crippen LogP contribution in [0.4, 0.5) is 0 Å². The van der Waals surface area contributed by atoms with E-state index in [2.05, 4.69) is 4.90 Å². The number of hydrogen-bond acceptors (Lipinski definition) is 3. The first-order valence-electron chi connectivity index (χ1n) is 5.89. The zero-order valence-electron chi connectivity index (χ0n) is 10.7. The number of rotatable bonds is 5. The minimum atomic E-state index is -0.694. The normalized spacial score (nSPS) is 27.2. The molecule has 0 radical (unpaired) electrons. The molecular weight excluding hydrogens is 206 g/mol. The lowest BCUT2D eigenvalue weighted by Crippen LogP contribution is -2.41. The Morgan fingerprint density at radius 3 is 2.69 bits per heavy atom. The van der Waals surface area contributed by atoms with Crippen molar-refractivity contribution in [3.63, 3.8) is 0 Å². The third-order valence-electron chi connectivity index (χ3n) is 3.61. The molecule has 94 valence electrons. The summed E-state index contributed by atoms with van der Waals surface area (Å²) in [7, 11) is 1.70. The van der Waals surface area contributed by atoms with Crippen molar-refractivity contribution in [3.05, 3.63) is 0 Å². The summed E-state index contributed by atoms with van der Waals surface area (Å²) >= 11 is 0. The number of carbonyl (C=O) groups is 1. The highest BCUT2D eigenvalue weighted by atomic mass is 16.5. The molecule has 0 aromatic carbocycles. The predicted molar refractivity (Wildman–Crippen MR) is 62.5 cm³/mol. The Balaban J connectivity index is 2.51. The van der Waals surface area contributed by atoms with E-state index in [0.717, 1.165) is 25.9 Å². The molecule has 1 heterocycles. The van der Waals surface area contributed by atoms with Crippen molar-refractivity contribution in [2.75, 3.05) is 20.2 Å². The molecule has 0 aromatic heterocycles. The van der Waals surface area contributed by atoms with Crippen LogP contribution in [0.1, 0.15) is 33.6 Å². The average molecular weight is 229 g/mol. The smallest absolute Gasteiger partial charge is 0.321 e. The number of aliphatic carboxylic acids is 1. The van der Waals surface area contributed by atoms with Crippen LogP contribution in [0.5, 0.6) is 0 Å². The number of carboxylic acids is 1. The topological polar surface area (TPSA) is 49.8 Å². The highest BCUT2D eigenvalue weighted by Gasteiger charge is 2.36. The molecular formula is C12H23NO3. The molecule has 1 fully saturated rings. The van der Waals surface area contributed by atoms with Crippen LogP contribution in [0.3, 0.4) is 0 Å². The number of ether oxygens (including phenoxy) is 1. The predicted octanol–water partition coefficient (Wildman–Crippen LogP) is 1.60. The van der Waals surface area contributed by atoms with Gasteiger partial charge in [0.1, 0.15) is 6.04 Å². The van der Waals surface area contributed by atoms with Crippen molar-refractivity contribution in [1.29, 1.82) is 0 Å². The standard InChI is InChI=1S/C12H23NO3/c1-9-5-7-13(10(9)11(14)15)8-6-12(2,3)16-4/h9-10H,5-8H2,1-4H3,(H,14,15). The van der Waals surface area contributed by atoms with E-state index >= 15 is 0 Å². The number of hydrogen-bond donors (Lipinski definition) is 1. The van der Waals surface area contributed by atoms with Gasteiger partial charge in [-0.1, -0.05) is 6.92 Å². The molecule has 4 heteroatoms. The average Bonchev–Trinajstić information content (AvgIpc) is 2.57. The molecule has 2 unspecified atom stereocenters. The molecule has 1 aliphatic rings. The zero-order valence-corrected chi connectivity index (χ0v) is 10.7. The Morgan fingerprint density at radius 1 is 1.56 bits per heavy atom. The van der Waals surface area contributed by atoms with Gasteiger partial charge in [-0.3, -0.25) is 9.69 Å². The van der Waals surface area contributed by atoms with Crippen LogP contribution >= 0.6 is 0 Å². The van der Waals surface area contributed by atoms with E-state index < -0.39 is 5.97 Å². The van der Waals surface area contributed by atoms with Crippen molar-refractivity contribution < 1.29 is 14.6 Å². The molecule has 0 aliphatic carbocycles. The van der Waals surface area contributed by atoms with E-state index in [1.807, 2.05) is 20.8 Å². The van der Waals surface area contributed by atoms with Gasteiger partial charge in [0.05, 0.1) is 5.60 Å². The van der Waals surface area contributed by atoms with E-state index in [1.165, 1.54) is 0 Å². The van der Waals surface area contributed by atoms with Gasteiger partial charge in [0.25, 0.3) is 0 Å². The van der Waals surface area contributed by atoms with Crippen LogP contribution in [-0.2, 0) is 9.53 Å². The number of carboxylic acid groups (broad SMARTS) is 1. The minimum Gasteiger partial charge on any atom is -0.480 e. The van der Waals surface area contributed by atoms with Gasteiger partial charge in [-0.2, -0.15) is 0 Å². The molecule has 0 bridgehead atoms. The van der Waals surface area contributed by atoms with Crippen molar-refractivity contribution in [1.82, 2.24) is 4.90 Å². The third-order valence-corrected chi connectivity index (χ3v) is 3.61. The summed E-state index contributed by atoms with van der Waals surface area (Å²) in [5, 5.41) is 9.17. The lowest BCUT2D eigenvalue weighted by atomic mass is 10.0. The summed E-state index contributed by atoms with van der Waals surface area (Å²) in [5.74, 6) is -0.441. The van der Waals surface area contributed by atoms with E-state index in [-0.39, 0.29) is 17.6 Å². The first-order chi connectivity index (χ1) is 7.37. The molecule has 2 atom stereocenters. The van der Waals surface area contributed by atoms with Crippen LogP contribution in [-0.4, -0.2) is 47.8 Å². The Morgan fingerprint density at radius 2 is 2.19 bits per heavy atom. The largest absolute Gasteiger partial charge is 0.480 e. The van der Waals surface area contributed by atoms with Crippen molar-refractivity contribution in [2.24, 2.45) is 5.92 Å². The second-order valence-corrected chi connectivity index (χ2v) is 5.30. The van der Waals surface area contributed by atoms with E-state index in [4.69, 9.17) is 9.84 Å². The molecule has 1 rings (SSSR count). The first-order valence-corrected chi connectivity index (χ1v) is 5.89. The van der Waals surface area contributed by atoms with Crippen LogP contribution in [0, 0.1) is 5.92 Å². The molecule has 1 saturated heterocycles. The second-order valence-electron chi connectivity index (χ2n) is 5.30. The lowest BCUT2D eigenvalue weighted by Gasteiger charge is -2.28. The molecule has 0 saturated carbocycles. The molecule has 0 aromatic rings. The Kier molecular flexibility index (Phi) is 4.33. The fourth-order valence-corrected chi connectivity index (χ4v) is 2.19. The Labute approximate surface area is 97.6 Å². The summed E-state index contributed by atoms with van der Waals surface area (Å²) < 4.78 is 5.35. The maximum atomic E-state index is 11.1. The molecule has 0 spiro atoms. The van der Waals surface area contributed by atoms with Gasteiger partial charge >= 0.3 is 5.97 Å². The van der Waals surface area contributed by atoms with Crippen molar-refractivity contribution >= 4 is 5.97 Å². The maximum Gasteiger partial charge on any atom is 0.321 e. The number of nitrogens with zero attached hydrogens (tertiary/aromatic N) is 1. The fraction of sp³-hybridized carbons (Fsp3) is 0.917. The van der Waals surface area contributed by atoms with Gasteiger partial charge in [-0.25, -0.2) is 0 Å². The molecule has 0 amide bonds. The van der Waals surface area contributed by atoms with Gasteiger partial charge in [-0.05, 0) is 39.2 Å². The minimum absolute atomic E-state index is 0.172. The van der Waals surface area contributed by atoms with Gasteiger partial charge in [0.15, 0.2) is 0 Å².